The molecule has 2 rings (SSSR count). The van der Waals surface area contributed by atoms with Crippen LogP contribution in [0.25, 0.3) is 10.9 Å². The highest BCUT2D eigenvalue weighted by Crippen LogP contribution is 2.16. The van der Waals surface area contributed by atoms with E-state index in [1.807, 2.05) is 30.5 Å². The van der Waals surface area contributed by atoms with E-state index in [9.17, 15) is 9.59 Å². The van der Waals surface area contributed by atoms with E-state index in [4.69, 9.17) is 5.73 Å². The van der Waals surface area contributed by atoms with Gasteiger partial charge in [0.1, 0.15) is 6.04 Å². The molecule has 2 amide bonds. The maximum atomic E-state index is 12.0. The molecule has 1 unspecified atom stereocenters. The monoisotopic (exact) mass is 288 g/mol. The normalized spacial score (nSPS) is 13.7. The zero-order chi connectivity index (χ0) is 15.4. The van der Waals surface area contributed by atoms with Crippen LogP contribution in [0.3, 0.4) is 0 Å². The molecule has 1 aromatic carbocycles. The Bertz CT molecular complexity index is 648. The van der Waals surface area contributed by atoms with Crippen molar-refractivity contribution in [3.8, 4) is 0 Å². The lowest BCUT2D eigenvalue weighted by molar-refractivity contribution is -0.129. The van der Waals surface area contributed by atoms with E-state index >= 15 is 0 Å². The highest BCUT2D eigenvalue weighted by Gasteiger charge is 2.17. The van der Waals surface area contributed by atoms with E-state index in [2.05, 4.69) is 15.6 Å². The predicted molar refractivity (Wildman–Crippen MR) is 81.4 cm³/mol. The number of nitrogens with two attached hydrogens (primary N) is 1. The minimum absolute atomic E-state index is 0.239. The molecule has 1 aromatic heterocycles. The minimum Gasteiger partial charge on any atom is -0.361 e. The van der Waals surface area contributed by atoms with Crippen LogP contribution in [0, 0.1) is 0 Å². The molecule has 2 aromatic rings. The Morgan fingerprint density at radius 2 is 2.00 bits per heavy atom. The lowest BCUT2D eigenvalue weighted by Crippen LogP contribution is -2.49. The Morgan fingerprint density at radius 3 is 2.71 bits per heavy atom. The van der Waals surface area contributed by atoms with Crippen molar-refractivity contribution in [2.24, 2.45) is 5.73 Å². The first kappa shape index (κ1) is 15.1. The Balaban J connectivity index is 1.95. The van der Waals surface area contributed by atoms with E-state index in [1.54, 1.807) is 13.8 Å². The fourth-order valence-electron chi connectivity index (χ4n) is 2.05. The van der Waals surface area contributed by atoms with Gasteiger partial charge in [-0.05, 0) is 31.5 Å². The van der Waals surface area contributed by atoms with Crippen LogP contribution in [0.4, 0.5) is 0 Å². The summed E-state index contributed by atoms with van der Waals surface area (Å²) in [6.45, 7) is 3.62. The van der Waals surface area contributed by atoms with E-state index in [0.717, 1.165) is 16.5 Å². The van der Waals surface area contributed by atoms with Crippen LogP contribution in [-0.2, 0) is 16.1 Å². The van der Waals surface area contributed by atoms with Crippen molar-refractivity contribution in [1.82, 2.24) is 15.6 Å². The van der Waals surface area contributed by atoms with Gasteiger partial charge in [-0.15, -0.1) is 0 Å². The van der Waals surface area contributed by atoms with Gasteiger partial charge in [0.2, 0.25) is 11.8 Å². The number of amides is 2. The van der Waals surface area contributed by atoms with Crippen molar-refractivity contribution in [3.05, 3.63) is 36.0 Å². The van der Waals surface area contributed by atoms with Gasteiger partial charge in [-0.25, -0.2) is 0 Å². The molecule has 0 radical (unpaired) electrons. The minimum atomic E-state index is -0.631. The van der Waals surface area contributed by atoms with Crippen molar-refractivity contribution in [3.63, 3.8) is 0 Å². The average molecular weight is 288 g/mol. The second-order valence-electron chi connectivity index (χ2n) is 5.09. The highest BCUT2D eigenvalue weighted by molar-refractivity contribution is 5.89. The summed E-state index contributed by atoms with van der Waals surface area (Å²) in [4.78, 5) is 26.6. The molecular formula is C15H20N4O2. The molecule has 1 heterocycles. The Morgan fingerprint density at radius 1 is 1.24 bits per heavy atom. The van der Waals surface area contributed by atoms with Crippen LogP contribution in [-0.4, -0.2) is 28.9 Å². The van der Waals surface area contributed by atoms with Gasteiger partial charge < -0.3 is 21.4 Å². The third kappa shape index (κ3) is 3.61. The molecule has 5 N–H and O–H groups in total. The molecule has 0 bridgehead atoms. The number of benzene rings is 1. The van der Waals surface area contributed by atoms with Gasteiger partial charge in [-0.1, -0.05) is 12.1 Å². The van der Waals surface area contributed by atoms with Crippen molar-refractivity contribution in [2.45, 2.75) is 32.5 Å². The number of hydrogen-bond acceptors (Lipinski definition) is 3. The van der Waals surface area contributed by atoms with Crippen LogP contribution in [0.5, 0.6) is 0 Å². The van der Waals surface area contributed by atoms with Crippen LogP contribution < -0.4 is 16.4 Å². The van der Waals surface area contributed by atoms with Gasteiger partial charge in [0.15, 0.2) is 0 Å². The fraction of sp³-hybridized carbons (Fsp3) is 0.333. The van der Waals surface area contributed by atoms with Gasteiger partial charge >= 0.3 is 0 Å². The molecule has 0 saturated carbocycles. The molecule has 0 aliphatic carbocycles. The number of carbonyl (C=O) groups is 2. The van der Waals surface area contributed by atoms with Crippen LogP contribution >= 0.6 is 0 Å². The van der Waals surface area contributed by atoms with Crippen molar-refractivity contribution < 1.29 is 9.59 Å². The Labute approximate surface area is 123 Å². The van der Waals surface area contributed by atoms with E-state index in [-0.39, 0.29) is 11.8 Å². The number of fused-ring (bicyclic) bond motifs is 1. The molecule has 6 nitrogen and oxygen atoms in total. The van der Waals surface area contributed by atoms with Crippen LogP contribution in [0.15, 0.2) is 30.5 Å². The number of aromatic nitrogens is 1. The molecule has 0 saturated heterocycles. The maximum Gasteiger partial charge on any atom is 0.242 e. The summed E-state index contributed by atoms with van der Waals surface area (Å²) in [6, 6.07) is 6.59. The van der Waals surface area contributed by atoms with Crippen molar-refractivity contribution in [2.75, 3.05) is 0 Å². The predicted octanol–water partition coefficient (Wildman–Crippen LogP) is 0.636. The highest BCUT2D eigenvalue weighted by atomic mass is 16.2. The van der Waals surface area contributed by atoms with Gasteiger partial charge in [-0.2, -0.15) is 0 Å². The smallest absolute Gasteiger partial charge is 0.242 e. The van der Waals surface area contributed by atoms with Gasteiger partial charge in [0, 0.05) is 23.6 Å². The van der Waals surface area contributed by atoms with Crippen LogP contribution in [0.2, 0.25) is 0 Å². The first-order valence-corrected chi connectivity index (χ1v) is 6.87. The summed E-state index contributed by atoms with van der Waals surface area (Å²) in [5, 5.41) is 6.46. The Kier molecular flexibility index (Phi) is 4.59. The summed E-state index contributed by atoms with van der Waals surface area (Å²) in [6.07, 6.45) is 1.86. The SMILES string of the molecule is CC(NC(=O)[C@H](C)N)C(=O)NCc1cccc2[nH]ccc12. The van der Waals surface area contributed by atoms with E-state index in [0.29, 0.717) is 6.54 Å². The number of H-pyrrole nitrogens is 1. The lowest BCUT2D eigenvalue weighted by atomic mass is 10.1. The van der Waals surface area contributed by atoms with Crippen molar-refractivity contribution in [1.29, 1.82) is 0 Å². The third-order valence-electron chi connectivity index (χ3n) is 3.30. The first-order chi connectivity index (χ1) is 9.99. The molecule has 0 spiro atoms. The number of rotatable bonds is 5. The van der Waals surface area contributed by atoms with Gasteiger partial charge in [-0.3, -0.25) is 9.59 Å². The topological polar surface area (TPSA) is 100 Å². The second-order valence-corrected chi connectivity index (χ2v) is 5.09. The average Bonchev–Trinajstić information content (AvgIpc) is 2.93. The molecule has 112 valence electrons. The number of hydrogen-bond donors (Lipinski definition) is 4. The molecule has 0 fully saturated rings. The lowest BCUT2D eigenvalue weighted by Gasteiger charge is -2.15. The van der Waals surface area contributed by atoms with Crippen molar-refractivity contribution >= 4 is 22.7 Å². The number of nitrogens with one attached hydrogen (secondary N) is 3. The molecule has 2 atom stereocenters. The molecule has 21 heavy (non-hydrogen) atoms. The maximum absolute atomic E-state index is 12.0. The zero-order valence-corrected chi connectivity index (χ0v) is 12.1. The van der Waals surface area contributed by atoms with E-state index in [1.165, 1.54) is 0 Å². The quantitative estimate of drug-likeness (QED) is 0.649. The standard InChI is InChI=1S/C15H20N4O2/c1-9(16)14(20)19-10(2)15(21)18-8-11-4-3-5-13-12(11)6-7-17-13/h3-7,9-10,17H,8,16H2,1-2H3,(H,18,21)(H,19,20)/t9-,10?/m0/s1. The molecule has 0 aliphatic rings. The number of aromatic amines is 1. The number of carbonyl (C=O) groups excluding carboxylic acids is 2. The summed E-state index contributed by atoms with van der Waals surface area (Å²) >= 11 is 0. The molecular weight excluding hydrogens is 268 g/mol. The zero-order valence-electron chi connectivity index (χ0n) is 12.1. The van der Waals surface area contributed by atoms with Gasteiger partial charge in [0.25, 0.3) is 0 Å². The largest absolute Gasteiger partial charge is 0.361 e. The molecule has 6 heteroatoms. The first-order valence-electron chi connectivity index (χ1n) is 6.87. The summed E-state index contributed by atoms with van der Waals surface area (Å²) in [7, 11) is 0. The second kappa shape index (κ2) is 6.41. The Hall–Kier alpha value is -2.34. The summed E-state index contributed by atoms with van der Waals surface area (Å²) in [5.74, 6) is -0.582. The van der Waals surface area contributed by atoms with Gasteiger partial charge in [0.05, 0.1) is 6.04 Å². The van der Waals surface area contributed by atoms with Crippen LogP contribution in [0.1, 0.15) is 19.4 Å². The molecule has 0 aliphatic heterocycles. The summed E-state index contributed by atoms with van der Waals surface area (Å²) in [5.41, 5.74) is 7.50. The fourth-order valence-corrected chi connectivity index (χ4v) is 2.05. The summed E-state index contributed by atoms with van der Waals surface area (Å²) < 4.78 is 0. The van der Waals surface area contributed by atoms with E-state index < -0.39 is 12.1 Å². The third-order valence-corrected chi connectivity index (χ3v) is 3.30.